The second-order valence-corrected chi connectivity index (χ2v) is 8.14. The summed E-state index contributed by atoms with van der Waals surface area (Å²) in [5, 5.41) is 8.90. The number of carboxylic acids is 1. The van der Waals surface area contributed by atoms with Crippen molar-refractivity contribution in [2.24, 2.45) is 0 Å². The van der Waals surface area contributed by atoms with Crippen molar-refractivity contribution in [3.8, 4) is 0 Å². The molecule has 1 saturated heterocycles. The molecule has 1 aliphatic heterocycles. The van der Waals surface area contributed by atoms with Gasteiger partial charge in [0, 0.05) is 39.7 Å². The van der Waals surface area contributed by atoms with Gasteiger partial charge in [0.2, 0.25) is 15.9 Å². The minimum absolute atomic E-state index is 0.00300. The molecule has 0 aromatic heterocycles. The van der Waals surface area contributed by atoms with Crippen LogP contribution in [0.2, 0.25) is 0 Å². The molecule has 1 heterocycles. The van der Waals surface area contributed by atoms with Gasteiger partial charge >= 0.3 is 5.97 Å². The van der Waals surface area contributed by atoms with E-state index in [1.54, 1.807) is 12.0 Å². The van der Waals surface area contributed by atoms with Crippen molar-refractivity contribution in [2.45, 2.75) is 30.8 Å². The van der Waals surface area contributed by atoms with E-state index in [1.807, 2.05) is 6.92 Å². The molecule has 1 amide bonds. The molecule has 0 bridgehead atoms. The van der Waals surface area contributed by atoms with E-state index in [0.29, 0.717) is 25.9 Å². The van der Waals surface area contributed by atoms with Crippen LogP contribution < -0.4 is 0 Å². The molecule has 1 unspecified atom stereocenters. The molecule has 1 fully saturated rings. The summed E-state index contributed by atoms with van der Waals surface area (Å²) in [7, 11) is -2.10. The molecule has 8 nitrogen and oxygen atoms in total. The molecule has 1 aromatic carbocycles. The Morgan fingerprint density at radius 1 is 1.15 bits per heavy atom. The summed E-state index contributed by atoms with van der Waals surface area (Å²) >= 11 is 0. The average Bonchev–Trinajstić information content (AvgIpc) is 2.65. The first-order chi connectivity index (χ1) is 12.3. The number of piperazine rings is 1. The van der Waals surface area contributed by atoms with Crippen LogP contribution in [0.15, 0.2) is 29.2 Å². The Morgan fingerprint density at radius 3 is 2.23 bits per heavy atom. The van der Waals surface area contributed by atoms with Crippen LogP contribution in [0.25, 0.3) is 0 Å². The van der Waals surface area contributed by atoms with Gasteiger partial charge in [0.15, 0.2) is 0 Å². The van der Waals surface area contributed by atoms with E-state index in [-0.39, 0.29) is 35.6 Å². The number of methoxy groups -OCH3 is 1. The maximum Gasteiger partial charge on any atom is 0.335 e. The van der Waals surface area contributed by atoms with Crippen LogP contribution >= 0.6 is 0 Å². The molecule has 0 aliphatic carbocycles. The Hall–Kier alpha value is -1.97. The molecule has 0 spiro atoms. The molecular weight excluding hydrogens is 360 g/mol. The molecule has 1 N–H and O–H groups in total. The van der Waals surface area contributed by atoms with Gasteiger partial charge in [-0.3, -0.25) is 4.79 Å². The molecule has 0 radical (unpaired) electrons. The fraction of sp³-hybridized carbons (Fsp3) is 0.529. The molecule has 144 valence electrons. The minimum Gasteiger partial charge on any atom is -0.478 e. The summed E-state index contributed by atoms with van der Waals surface area (Å²) in [6.45, 7) is 3.01. The van der Waals surface area contributed by atoms with Gasteiger partial charge in [-0.1, -0.05) is 0 Å². The highest BCUT2D eigenvalue weighted by Crippen LogP contribution is 2.19. The minimum atomic E-state index is -3.70. The van der Waals surface area contributed by atoms with Crippen LogP contribution in [0.4, 0.5) is 0 Å². The summed E-state index contributed by atoms with van der Waals surface area (Å²) in [6, 6.07) is 5.13. The van der Waals surface area contributed by atoms with Crippen LogP contribution in [-0.2, 0) is 19.6 Å². The molecule has 26 heavy (non-hydrogen) atoms. The zero-order valence-electron chi connectivity index (χ0n) is 14.9. The van der Waals surface area contributed by atoms with Gasteiger partial charge in [0.05, 0.1) is 16.6 Å². The Morgan fingerprint density at radius 2 is 1.73 bits per heavy atom. The molecule has 1 aromatic rings. The van der Waals surface area contributed by atoms with Crippen molar-refractivity contribution < 1.29 is 27.9 Å². The van der Waals surface area contributed by atoms with E-state index in [2.05, 4.69) is 0 Å². The topological polar surface area (TPSA) is 104 Å². The number of carbonyl (C=O) groups excluding carboxylic acids is 1. The summed E-state index contributed by atoms with van der Waals surface area (Å²) in [4.78, 5) is 24.8. The SMILES string of the molecule is COC(C)CCC(=O)N1CCN(S(=O)(=O)c2ccc(C(=O)O)cc2)CC1. The van der Waals surface area contributed by atoms with Crippen LogP contribution in [0, 0.1) is 0 Å². The summed E-state index contributed by atoms with van der Waals surface area (Å²) in [6.07, 6.45) is 1.01. The lowest BCUT2D eigenvalue weighted by Crippen LogP contribution is -2.50. The Kier molecular flexibility index (Phi) is 6.74. The first-order valence-corrected chi connectivity index (χ1v) is 9.83. The fourth-order valence-electron chi connectivity index (χ4n) is 2.70. The van der Waals surface area contributed by atoms with Gasteiger partial charge in [-0.2, -0.15) is 4.31 Å². The number of sulfonamides is 1. The Balaban J connectivity index is 1.95. The standard InChI is InChI=1S/C17H24N2O6S/c1-13(25-2)3-8-16(20)18-9-11-19(12-10-18)26(23,24)15-6-4-14(5-7-15)17(21)22/h4-7,13H,3,8-12H2,1-2H3,(H,21,22). The van der Waals surface area contributed by atoms with Crippen molar-refractivity contribution in [1.29, 1.82) is 0 Å². The van der Waals surface area contributed by atoms with E-state index in [0.717, 1.165) is 0 Å². The molecule has 0 saturated carbocycles. The number of hydrogen-bond donors (Lipinski definition) is 1. The van der Waals surface area contributed by atoms with Gasteiger partial charge in [0.25, 0.3) is 0 Å². The predicted molar refractivity (Wildman–Crippen MR) is 94.4 cm³/mol. The van der Waals surface area contributed by atoms with E-state index in [9.17, 15) is 18.0 Å². The number of carboxylic acid groups (broad SMARTS) is 1. The quantitative estimate of drug-likeness (QED) is 0.753. The van der Waals surface area contributed by atoms with Crippen LogP contribution in [0.5, 0.6) is 0 Å². The Labute approximate surface area is 153 Å². The highest BCUT2D eigenvalue weighted by molar-refractivity contribution is 7.89. The van der Waals surface area contributed by atoms with E-state index in [4.69, 9.17) is 9.84 Å². The highest BCUT2D eigenvalue weighted by Gasteiger charge is 2.30. The number of benzene rings is 1. The summed E-state index contributed by atoms with van der Waals surface area (Å²) in [5.41, 5.74) is 0.0321. The highest BCUT2D eigenvalue weighted by atomic mass is 32.2. The molecule has 2 rings (SSSR count). The zero-order valence-corrected chi connectivity index (χ0v) is 15.7. The van der Waals surface area contributed by atoms with Crippen molar-refractivity contribution in [3.05, 3.63) is 29.8 Å². The normalized spacial score (nSPS) is 17.1. The third-order valence-corrected chi connectivity index (χ3v) is 6.41. The summed E-state index contributed by atoms with van der Waals surface area (Å²) < 4.78 is 31.8. The zero-order chi connectivity index (χ0) is 19.3. The van der Waals surface area contributed by atoms with E-state index >= 15 is 0 Å². The number of ether oxygens (including phenoxy) is 1. The predicted octanol–water partition coefficient (Wildman–Crippen LogP) is 1.03. The lowest BCUT2D eigenvalue weighted by Gasteiger charge is -2.34. The number of rotatable bonds is 7. The monoisotopic (exact) mass is 384 g/mol. The van der Waals surface area contributed by atoms with E-state index < -0.39 is 16.0 Å². The van der Waals surface area contributed by atoms with Crippen molar-refractivity contribution in [2.75, 3.05) is 33.3 Å². The van der Waals surface area contributed by atoms with Crippen LogP contribution in [0.3, 0.4) is 0 Å². The van der Waals surface area contributed by atoms with Crippen LogP contribution in [-0.4, -0.2) is 74.0 Å². The number of nitrogens with zero attached hydrogens (tertiary/aromatic N) is 2. The maximum absolute atomic E-state index is 12.7. The van der Waals surface area contributed by atoms with Gasteiger partial charge in [0.1, 0.15) is 0 Å². The second kappa shape index (κ2) is 8.61. The molecule has 9 heteroatoms. The lowest BCUT2D eigenvalue weighted by molar-refractivity contribution is -0.133. The van der Waals surface area contributed by atoms with Gasteiger partial charge < -0.3 is 14.7 Å². The van der Waals surface area contributed by atoms with Gasteiger partial charge in [-0.05, 0) is 37.6 Å². The third-order valence-electron chi connectivity index (χ3n) is 4.50. The number of aromatic carboxylic acids is 1. The molecule has 1 atom stereocenters. The Bertz CT molecular complexity index is 739. The number of carbonyl (C=O) groups is 2. The van der Waals surface area contributed by atoms with E-state index in [1.165, 1.54) is 28.6 Å². The lowest BCUT2D eigenvalue weighted by atomic mass is 10.2. The smallest absolute Gasteiger partial charge is 0.335 e. The third kappa shape index (κ3) is 4.80. The van der Waals surface area contributed by atoms with Gasteiger partial charge in [-0.15, -0.1) is 0 Å². The van der Waals surface area contributed by atoms with Crippen LogP contribution in [0.1, 0.15) is 30.1 Å². The van der Waals surface area contributed by atoms with Crippen molar-refractivity contribution in [3.63, 3.8) is 0 Å². The van der Waals surface area contributed by atoms with Crippen molar-refractivity contribution >= 4 is 21.9 Å². The molecule has 1 aliphatic rings. The van der Waals surface area contributed by atoms with Gasteiger partial charge in [-0.25, -0.2) is 13.2 Å². The fourth-order valence-corrected chi connectivity index (χ4v) is 4.12. The second-order valence-electron chi connectivity index (χ2n) is 6.20. The molecular formula is C17H24N2O6S. The first-order valence-electron chi connectivity index (χ1n) is 8.39. The number of amides is 1. The number of hydrogen-bond acceptors (Lipinski definition) is 5. The first kappa shape index (κ1) is 20.3. The maximum atomic E-state index is 12.7. The van der Waals surface area contributed by atoms with Crippen molar-refractivity contribution in [1.82, 2.24) is 9.21 Å². The summed E-state index contributed by atoms with van der Waals surface area (Å²) in [5.74, 6) is -1.11. The average molecular weight is 384 g/mol. The largest absolute Gasteiger partial charge is 0.478 e.